The Morgan fingerprint density at radius 2 is 1.39 bits per heavy atom. The molecule has 0 fully saturated rings. The summed E-state index contributed by atoms with van der Waals surface area (Å²) in [5.74, 6) is -0.103. The minimum atomic E-state index is -0.103. The van der Waals surface area contributed by atoms with E-state index in [-0.39, 0.29) is 5.78 Å². The van der Waals surface area contributed by atoms with Crippen LogP contribution in [0.25, 0.3) is 0 Å². The normalized spacial score (nSPS) is 10.4. The molecule has 2 aromatic carbocycles. The Labute approximate surface area is 120 Å². The molecule has 0 amide bonds. The van der Waals surface area contributed by atoms with Crippen molar-refractivity contribution in [2.45, 2.75) is 6.92 Å². The molecule has 0 N–H and O–H groups in total. The highest BCUT2D eigenvalue weighted by Crippen LogP contribution is 2.25. The summed E-state index contributed by atoms with van der Waals surface area (Å²) in [6.45, 7) is 1.86. The second kappa shape index (κ2) is 5.31. The van der Waals surface area contributed by atoms with Crippen LogP contribution in [0.5, 0.6) is 0 Å². The number of ketones is 1. The van der Waals surface area contributed by atoms with Crippen molar-refractivity contribution in [2.75, 3.05) is 0 Å². The first-order valence-electron chi connectivity index (χ1n) is 5.25. The standard InChI is InChI=1S/C14H9Cl3O/c1-8-6-9(2-4-11(8)15)14(18)10-3-5-12(16)13(17)7-10/h2-7H,1H3. The average Bonchev–Trinajstić information content (AvgIpc) is 2.35. The molecule has 2 rings (SSSR count). The highest BCUT2D eigenvalue weighted by molar-refractivity contribution is 6.42. The summed E-state index contributed by atoms with van der Waals surface area (Å²) < 4.78 is 0. The fraction of sp³-hybridized carbons (Fsp3) is 0.0714. The molecule has 0 aliphatic heterocycles. The molecule has 2 aromatic rings. The van der Waals surface area contributed by atoms with Gasteiger partial charge in [0.05, 0.1) is 10.0 Å². The quantitative estimate of drug-likeness (QED) is 0.698. The minimum Gasteiger partial charge on any atom is -0.289 e. The van der Waals surface area contributed by atoms with Crippen molar-refractivity contribution in [1.29, 1.82) is 0 Å². The molecule has 1 nitrogen and oxygen atoms in total. The highest BCUT2D eigenvalue weighted by Gasteiger charge is 2.11. The van der Waals surface area contributed by atoms with Gasteiger partial charge in [-0.15, -0.1) is 0 Å². The Hall–Kier alpha value is -1.02. The molecule has 0 bridgehead atoms. The van der Waals surface area contributed by atoms with Gasteiger partial charge in [0, 0.05) is 16.1 Å². The van der Waals surface area contributed by atoms with E-state index in [0.29, 0.717) is 26.2 Å². The van der Waals surface area contributed by atoms with Crippen LogP contribution in [0.1, 0.15) is 21.5 Å². The molecule has 0 aliphatic carbocycles. The Kier molecular flexibility index (Phi) is 3.96. The smallest absolute Gasteiger partial charge is 0.193 e. The molecule has 0 unspecified atom stereocenters. The van der Waals surface area contributed by atoms with Crippen LogP contribution < -0.4 is 0 Å². The van der Waals surface area contributed by atoms with Crippen LogP contribution in [-0.4, -0.2) is 5.78 Å². The largest absolute Gasteiger partial charge is 0.289 e. The van der Waals surface area contributed by atoms with Crippen LogP contribution in [0.2, 0.25) is 15.1 Å². The van der Waals surface area contributed by atoms with Gasteiger partial charge >= 0.3 is 0 Å². The summed E-state index contributed by atoms with van der Waals surface area (Å²) in [4.78, 5) is 12.2. The number of hydrogen-bond acceptors (Lipinski definition) is 1. The molecule has 0 saturated heterocycles. The maximum atomic E-state index is 12.2. The molecule has 92 valence electrons. The van der Waals surface area contributed by atoms with Gasteiger partial charge in [0.1, 0.15) is 0 Å². The van der Waals surface area contributed by atoms with Crippen molar-refractivity contribution >= 4 is 40.6 Å². The molecule has 18 heavy (non-hydrogen) atoms. The lowest BCUT2D eigenvalue weighted by molar-refractivity contribution is 0.103. The third-order valence-electron chi connectivity index (χ3n) is 2.60. The van der Waals surface area contributed by atoms with Crippen LogP contribution in [0.15, 0.2) is 36.4 Å². The Balaban J connectivity index is 2.41. The van der Waals surface area contributed by atoms with Gasteiger partial charge in [-0.25, -0.2) is 0 Å². The van der Waals surface area contributed by atoms with Crippen molar-refractivity contribution in [3.8, 4) is 0 Å². The second-order valence-electron chi connectivity index (χ2n) is 3.92. The number of rotatable bonds is 2. The van der Waals surface area contributed by atoms with Gasteiger partial charge in [-0.1, -0.05) is 34.8 Å². The lowest BCUT2D eigenvalue weighted by Gasteiger charge is -2.05. The van der Waals surface area contributed by atoms with Crippen LogP contribution in [-0.2, 0) is 0 Å². The van der Waals surface area contributed by atoms with Crippen molar-refractivity contribution in [3.63, 3.8) is 0 Å². The summed E-state index contributed by atoms with van der Waals surface area (Å²) in [6, 6.07) is 9.99. The fourth-order valence-corrected chi connectivity index (χ4v) is 2.01. The monoisotopic (exact) mass is 298 g/mol. The van der Waals surface area contributed by atoms with Crippen molar-refractivity contribution in [2.24, 2.45) is 0 Å². The SMILES string of the molecule is Cc1cc(C(=O)c2ccc(Cl)c(Cl)c2)ccc1Cl. The summed E-state index contributed by atoms with van der Waals surface area (Å²) in [5, 5.41) is 1.44. The zero-order valence-electron chi connectivity index (χ0n) is 9.51. The van der Waals surface area contributed by atoms with Crippen molar-refractivity contribution in [3.05, 3.63) is 68.2 Å². The Morgan fingerprint density at radius 1 is 0.833 bits per heavy atom. The van der Waals surface area contributed by atoms with Crippen molar-refractivity contribution < 1.29 is 4.79 Å². The van der Waals surface area contributed by atoms with Gasteiger partial charge < -0.3 is 0 Å². The van der Waals surface area contributed by atoms with E-state index >= 15 is 0 Å². The predicted molar refractivity (Wildman–Crippen MR) is 76.1 cm³/mol. The Morgan fingerprint density at radius 3 is 1.94 bits per heavy atom. The van der Waals surface area contributed by atoms with Crippen LogP contribution >= 0.6 is 34.8 Å². The molecule has 0 spiro atoms. The highest BCUT2D eigenvalue weighted by atomic mass is 35.5. The number of halogens is 3. The minimum absolute atomic E-state index is 0.103. The molecule has 0 aromatic heterocycles. The van der Waals surface area contributed by atoms with Crippen molar-refractivity contribution in [1.82, 2.24) is 0 Å². The van der Waals surface area contributed by atoms with Crippen LogP contribution in [0, 0.1) is 6.92 Å². The molecule has 0 heterocycles. The first-order chi connectivity index (χ1) is 8.49. The van der Waals surface area contributed by atoms with E-state index in [1.54, 1.807) is 36.4 Å². The Bertz CT molecular complexity index is 567. The third-order valence-corrected chi connectivity index (χ3v) is 3.77. The van der Waals surface area contributed by atoms with Gasteiger partial charge in [-0.3, -0.25) is 4.79 Å². The molecular formula is C14H9Cl3O. The maximum Gasteiger partial charge on any atom is 0.193 e. The van der Waals surface area contributed by atoms with E-state index in [9.17, 15) is 4.79 Å². The van der Waals surface area contributed by atoms with E-state index in [0.717, 1.165) is 5.56 Å². The van der Waals surface area contributed by atoms with E-state index in [2.05, 4.69) is 0 Å². The van der Waals surface area contributed by atoms with Crippen LogP contribution in [0.3, 0.4) is 0 Å². The number of benzene rings is 2. The van der Waals surface area contributed by atoms with E-state index in [4.69, 9.17) is 34.8 Å². The first-order valence-corrected chi connectivity index (χ1v) is 6.38. The fourth-order valence-electron chi connectivity index (χ4n) is 1.59. The number of carbonyl (C=O) groups excluding carboxylic acids is 1. The van der Waals surface area contributed by atoms with E-state index in [1.165, 1.54) is 0 Å². The van der Waals surface area contributed by atoms with Gasteiger partial charge in [0.2, 0.25) is 0 Å². The predicted octanol–water partition coefficient (Wildman–Crippen LogP) is 5.19. The summed E-state index contributed by atoms with van der Waals surface area (Å²) >= 11 is 17.6. The van der Waals surface area contributed by atoms with Gasteiger partial charge in [-0.2, -0.15) is 0 Å². The number of hydrogen-bond donors (Lipinski definition) is 0. The average molecular weight is 300 g/mol. The summed E-state index contributed by atoms with van der Waals surface area (Å²) in [7, 11) is 0. The summed E-state index contributed by atoms with van der Waals surface area (Å²) in [5.41, 5.74) is 1.95. The molecule has 0 saturated carbocycles. The van der Waals surface area contributed by atoms with E-state index < -0.39 is 0 Å². The lowest BCUT2D eigenvalue weighted by atomic mass is 10.0. The van der Waals surface area contributed by atoms with Gasteiger partial charge in [0.15, 0.2) is 5.78 Å². The zero-order chi connectivity index (χ0) is 13.3. The topological polar surface area (TPSA) is 17.1 Å². The zero-order valence-corrected chi connectivity index (χ0v) is 11.8. The molecule has 4 heteroatoms. The molecular weight excluding hydrogens is 291 g/mol. The maximum absolute atomic E-state index is 12.2. The molecule has 0 atom stereocenters. The lowest BCUT2D eigenvalue weighted by Crippen LogP contribution is -2.01. The molecule has 0 aliphatic rings. The summed E-state index contributed by atoms with van der Waals surface area (Å²) in [6.07, 6.45) is 0. The van der Waals surface area contributed by atoms with E-state index in [1.807, 2.05) is 6.92 Å². The first kappa shape index (κ1) is 13.4. The van der Waals surface area contributed by atoms with Gasteiger partial charge in [0.25, 0.3) is 0 Å². The van der Waals surface area contributed by atoms with Gasteiger partial charge in [-0.05, 0) is 48.9 Å². The number of carbonyl (C=O) groups is 1. The van der Waals surface area contributed by atoms with Crippen LogP contribution in [0.4, 0.5) is 0 Å². The third kappa shape index (κ3) is 2.69. The number of aryl methyl sites for hydroxylation is 1. The molecule has 0 radical (unpaired) electrons. The second-order valence-corrected chi connectivity index (χ2v) is 5.14.